The van der Waals surface area contributed by atoms with Gasteiger partial charge < -0.3 is 15.0 Å². The van der Waals surface area contributed by atoms with Crippen LogP contribution < -0.4 is 10.1 Å². The lowest BCUT2D eigenvalue weighted by molar-refractivity contribution is -0.384. The van der Waals surface area contributed by atoms with Crippen LogP contribution in [0.2, 0.25) is 0 Å². The third-order valence-corrected chi connectivity index (χ3v) is 5.54. The van der Waals surface area contributed by atoms with E-state index < -0.39 is 10.8 Å². The van der Waals surface area contributed by atoms with Crippen molar-refractivity contribution in [2.45, 2.75) is 25.7 Å². The van der Waals surface area contributed by atoms with Crippen LogP contribution in [0.15, 0.2) is 46.9 Å². The number of non-ortho nitro benzene ring substituents is 1. The first-order valence-electron chi connectivity index (χ1n) is 9.70. The van der Waals surface area contributed by atoms with E-state index in [-0.39, 0.29) is 35.2 Å². The molecule has 9 heteroatoms. The molecule has 1 aliphatic rings. The molecule has 158 valence electrons. The topological polar surface area (TPSA) is 102 Å². The molecule has 30 heavy (non-hydrogen) atoms. The lowest BCUT2D eigenvalue weighted by Gasteiger charge is -2.20. The van der Waals surface area contributed by atoms with Gasteiger partial charge in [0.15, 0.2) is 6.61 Å². The van der Waals surface area contributed by atoms with Crippen LogP contribution in [-0.2, 0) is 4.79 Å². The van der Waals surface area contributed by atoms with Gasteiger partial charge in [-0.15, -0.1) is 0 Å². The highest BCUT2D eigenvalue weighted by Crippen LogP contribution is 2.28. The van der Waals surface area contributed by atoms with Crippen LogP contribution in [0.3, 0.4) is 0 Å². The highest BCUT2D eigenvalue weighted by molar-refractivity contribution is 9.10. The van der Waals surface area contributed by atoms with Crippen molar-refractivity contribution in [3.63, 3.8) is 0 Å². The average Bonchev–Trinajstić information content (AvgIpc) is 3.03. The molecule has 0 aromatic heterocycles. The van der Waals surface area contributed by atoms with Crippen LogP contribution in [0.25, 0.3) is 0 Å². The van der Waals surface area contributed by atoms with Gasteiger partial charge in [0.25, 0.3) is 17.5 Å². The normalized spacial score (nSPS) is 14.0. The first-order valence-corrected chi connectivity index (χ1v) is 10.5. The number of carbonyl (C=O) groups is 2. The van der Waals surface area contributed by atoms with Gasteiger partial charge in [-0.1, -0.05) is 25.0 Å². The number of para-hydroxylation sites is 1. The third kappa shape index (κ3) is 5.56. The Kier molecular flexibility index (Phi) is 7.40. The number of rotatable bonds is 6. The Morgan fingerprint density at radius 3 is 2.50 bits per heavy atom. The Balaban J connectivity index is 1.70. The molecule has 0 saturated carbocycles. The van der Waals surface area contributed by atoms with Gasteiger partial charge in [-0.05, 0) is 47.0 Å². The number of benzene rings is 2. The fraction of sp³-hybridized carbons (Fsp3) is 0.333. The zero-order valence-corrected chi connectivity index (χ0v) is 17.9. The Hall–Kier alpha value is -2.94. The van der Waals surface area contributed by atoms with E-state index in [1.807, 2.05) is 0 Å². The molecule has 1 saturated heterocycles. The molecule has 0 unspecified atom stereocenters. The molecule has 1 fully saturated rings. The van der Waals surface area contributed by atoms with Gasteiger partial charge in [-0.25, -0.2) is 0 Å². The number of nitro groups is 1. The number of nitrogens with zero attached hydrogens (tertiary/aromatic N) is 2. The van der Waals surface area contributed by atoms with Crippen LogP contribution in [0.1, 0.15) is 36.0 Å². The molecule has 2 aromatic carbocycles. The predicted molar refractivity (Wildman–Crippen MR) is 116 cm³/mol. The summed E-state index contributed by atoms with van der Waals surface area (Å²) in [6, 6.07) is 10.7. The third-order valence-electron chi connectivity index (χ3n) is 4.85. The Labute approximate surface area is 182 Å². The molecular formula is C21H22BrN3O5. The summed E-state index contributed by atoms with van der Waals surface area (Å²) in [4.78, 5) is 37.5. The largest absolute Gasteiger partial charge is 0.483 e. The Morgan fingerprint density at radius 1 is 1.10 bits per heavy atom. The molecule has 1 aliphatic heterocycles. The number of likely N-dealkylation sites (tertiary alicyclic amines) is 1. The number of anilines is 1. The molecule has 2 aromatic rings. The summed E-state index contributed by atoms with van der Waals surface area (Å²) in [6.07, 6.45) is 4.23. The zero-order valence-electron chi connectivity index (χ0n) is 16.3. The van der Waals surface area contributed by atoms with E-state index in [1.165, 1.54) is 18.2 Å². The van der Waals surface area contributed by atoms with Crippen LogP contribution in [0, 0.1) is 10.1 Å². The van der Waals surface area contributed by atoms with Crippen LogP contribution in [0.4, 0.5) is 11.4 Å². The lowest BCUT2D eigenvalue weighted by atomic mass is 10.1. The summed E-state index contributed by atoms with van der Waals surface area (Å²) in [5.41, 5.74) is 0.366. The molecule has 3 rings (SSSR count). The number of halogens is 1. The van der Waals surface area contributed by atoms with E-state index in [2.05, 4.69) is 21.2 Å². The summed E-state index contributed by atoms with van der Waals surface area (Å²) < 4.78 is 6.18. The van der Waals surface area contributed by atoms with E-state index in [1.54, 1.807) is 29.2 Å². The second-order valence-corrected chi connectivity index (χ2v) is 7.81. The standard InChI is InChI=1S/C21H22BrN3O5/c22-17-10-9-15(25(28)29)13-18(17)23-21(27)16-7-3-4-8-19(16)30-14-20(26)24-11-5-1-2-6-12-24/h3-4,7-10,13H,1-2,5-6,11-12,14H2,(H,23,27). The summed E-state index contributed by atoms with van der Waals surface area (Å²) in [6.45, 7) is 1.31. The first kappa shape index (κ1) is 21.8. The number of carbonyl (C=O) groups excluding carboxylic acids is 2. The lowest BCUT2D eigenvalue weighted by Crippen LogP contribution is -2.35. The second kappa shape index (κ2) is 10.2. The number of hydrogen-bond donors (Lipinski definition) is 1. The fourth-order valence-corrected chi connectivity index (χ4v) is 3.59. The Bertz CT molecular complexity index is 942. The van der Waals surface area contributed by atoms with Crippen molar-refractivity contribution in [3.05, 3.63) is 62.6 Å². The van der Waals surface area contributed by atoms with E-state index in [9.17, 15) is 19.7 Å². The second-order valence-electron chi connectivity index (χ2n) is 6.96. The van der Waals surface area contributed by atoms with Crippen molar-refractivity contribution in [2.24, 2.45) is 0 Å². The highest BCUT2D eigenvalue weighted by atomic mass is 79.9. The van der Waals surface area contributed by atoms with Gasteiger partial charge in [-0.2, -0.15) is 0 Å². The number of amides is 2. The summed E-state index contributed by atoms with van der Waals surface area (Å²) in [5, 5.41) is 13.7. The molecule has 0 bridgehead atoms. The van der Waals surface area contributed by atoms with E-state index >= 15 is 0 Å². The molecular weight excluding hydrogens is 454 g/mol. The van der Waals surface area contributed by atoms with E-state index in [0.29, 0.717) is 4.47 Å². The van der Waals surface area contributed by atoms with Crippen molar-refractivity contribution >= 4 is 39.1 Å². The number of hydrogen-bond acceptors (Lipinski definition) is 5. The quantitative estimate of drug-likeness (QED) is 0.492. The average molecular weight is 476 g/mol. The zero-order chi connectivity index (χ0) is 21.5. The molecule has 1 N–H and O–H groups in total. The van der Waals surface area contributed by atoms with Crippen molar-refractivity contribution in [3.8, 4) is 5.75 Å². The maximum Gasteiger partial charge on any atom is 0.271 e. The molecule has 0 spiro atoms. The first-order chi connectivity index (χ1) is 14.5. The minimum atomic E-state index is -0.534. The molecule has 8 nitrogen and oxygen atoms in total. The van der Waals surface area contributed by atoms with Gasteiger partial charge in [0.1, 0.15) is 5.75 Å². The molecule has 2 amide bonds. The molecule has 0 aliphatic carbocycles. The minimum absolute atomic E-state index is 0.103. The van der Waals surface area contributed by atoms with Crippen LogP contribution in [0.5, 0.6) is 5.75 Å². The Morgan fingerprint density at radius 2 is 1.80 bits per heavy atom. The van der Waals surface area contributed by atoms with Crippen molar-refractivity contribution in [1.82, 2.24) is 4.90 Å². The van der Waals surface area contributed by atoms with Gasteiger partial charge in [0.2, 0.25) is 0 Å². The molecule has 1 heterocycles. The molecule has 0 atom stereocenters. The monoisotopic (exact) mass is 475 g/mol. The van der Waals surface area contributed by atoms with Crippen LogP contribution in [-0.4, -0.2) is 41.3 Å². The van der Waals surface area contributed by atoms with E-state index in [0.717, 1.165) is 38.8 Å². The number of nitro benzene ring substituents is 1. The van der Waals surface area contributed by atoms with Gasteiger partial charge >= 0.3 is 0 Å². The van der Waals surface area contributed by atoms with Crippen LogP contribution >= 0.6 is 15.9 Å². The minimum Gasteiger partial charge on any atom is -0.483 e. The SMILES string of the molecule is O=C(Nc1cc([N+](=O)[O-])ccc1Br)c1ccccc1OCC(=O)N1CCCCCC1. The summed E-state index contributed by atoms with van der Waals surface area (Å²) in [5.74, 6) is -0.317. The predicted octanol–water partition coefficient (Wildman–Crippen LogP) is 4.39. The summed E-state index contributed by atoms with van der Waals surface area (Å²) >= 11 is 3.28. The van der Waals surface area contributed by atoms with Crippen molar-refractivity contribution in [2.75, 3.05) is 25.0 Å². The number of nitrogens with one attached hydrogen (secondary N) is 1. The van der Waals surface area contributed by atoms with E-state index in [4.69, 9.17) is 4.74 Å². The van der Waals surface area contributed by atoms with Gasteiger partial charge in [0.05, 0.1) is 16.2 Å². The smallest absolute Gasteiger partial charge is 0.271 e. The molecule has 0 radical (unpaired) electrons. The fourth-order valence-electron chi connectivity index (χ4n) is 3.24. The van der Waals surface area contributed by atoms with Gasteiger partial charge in [-0.3, -0.25) is 19.7 Å². The van der Waals surface area contributed by atoms with Gasteiger partial charge in [0, 0.05) is 29.7 Å². The summed E-state index contributed by atoms with van der Waals surface area (Å²) in [7, 11) is 0. The highest BCUT2D eigenvalue weighted by Gasteiger charge is 2.19. The number of ether oxygens (including phenoxy) is 1. The maximum atomic E-state index is 12.8. The van der Waals surface area contributed by atoms with Crippen molar-refractivity contribution in [1.29, 1.82) is 0 Å². The maximum absolute atomic E-state index is 12.8. The van der Waals surface area contributed by atoms with Crippen molar-refractivity contribution < 1.29 is 19.2 Å².